The molecule has 1 fully saturated rings. The fraction of sp³-hybridized carbons (Fsp3) is 0.429. The highest BCUT2D eigenvalue weighted by molar-refractivity contribution is 7.99. The van der Waals surface area contributed by atoms with Crippen molar-refractivity contribution in [3.05, 3.63) is 53.2 Å². The van der Waals surface area contributed by atoms with Gasteiger partial charge in [-0.25, -0.2) is 13.4 Å². The maximum atomic E-state index is 12.6. The van der Waals surface area contributed by atoms with E-state index in [1.165, 1.54) is 33.4 Å². The van der Waals surface area contributed by atoms with E-state index in [1.54, 1.807) is 24.1 Å². The molecule has 3 rings (SSSR count). The monoisotopic (exact) mass is 449 g/mol. The van der Waals surface area contributed by atoms with Crippen molar-refractivity contribution in [3.8, 4) is 0 Å². The van der Waals surface area contributed by atoms with E-state index in [0.717, 1.165) is 5.56 Å². The van der Waals surface area contributed by atoms with Gasteiger partial charge in [0.1, 0.15) is 4.90 Å². The van der Waals surface area contributed by atoms with E-state index in [-0.39, 0.29) is 16.6 Å². The second-order valence-electron chi connectivity index (χ2n) is 7.32. The van der Waals surface area contributed by atoms with Crippen LogP contribution >= 0.6 is 11.8 Å². The average Bonchev–Trinajstić information content (AvgIpc) is 2.75. The minimum atomic E-state index is -3.56. The Kier molecular flexibility index (Phi) is 7.51. The summed E-state index contributed by atoms with van der Waals surface area (Å²) >= 11 is 1.30. The number of pyridine rings is 1. The van der Waals surface area contributed by atoms with Gasteiger partial charge in [-0.05, 0) is 37.1 Å². The van der Waals surface area contributed by atoms with E-state index < -0.39 is 10.0 Å². The Morgan fingerprint density at radius 3 is 2.57 bits per heavy atom. The Hall–Kier alpha value is -1.94. The van der Waals surface area contributed by atoms with Gasteiger partial charge in [0.15, 0.2) is 0 Å². The summed E-state index contributed by atoms with van der Waals surface area (Å²) in [5, 5.41) is 0.615. The molecule has 0 saturated carbocycles. The molecule has 9 heteroatoms. The van der Waals surface area contributed by atoms with Crippen LogP contribution in [-0.4, -0.2) is 67.6 Å². The standard InChI is InChI=1S/C21H27N3O4S2/c1-16-4-5-18(17(2)12-16)14-23(3)21(25)15-29-20-7-6-19(13-22-20)30(26,27)24-8-10-28-11-9-24/h4-7,12-13H,8-11,14-15H2,1-3H3. The van der Waals surface area contributed by atoms with Gasteiger partial charge in [-0.1, -0.05) is 35.5 Å². The first-order chi connectivity index (χ1) is 14.3. The van der Waals surface area contributed by atoms with Crippen LogP contribution in [0.25, 0.3) is 0 Å². The number of benzene rings is 1. The smallest absolute Gasteiger partial charge is 0.244 e. The maximum Gasteiger partial charge on any atom is 0.244 e. The lowest BCUT2D eigenvalue weighted by Crippen LogP contribution is -2.40. The van der Waals surface area contributed by atoms with Crippen molar-refractivity contribution in [1.29, 1.82) is 0 Å². The Labute approximate surface area is 182 Å². The molecule has 0 spiro atoms. The van der Waals surface area contributed by atoms with Crippen LogP contribution in [0.4, 0.5) is 0 Å². The number of ether oxygens (including phenoxy) is 1. The number of rotatable bonds is 7. The number of thioether (sulfide) groups is 1. The number of hydrogen-bond acceptors (Lipinski definition) is 6. The van der Waals surface area contributed by atoms with Gasteiger partial charge >= 0.3 is 0 Å². The number of sulfonamides is 1. The highest BCUT2D eigenvalue weighted by Crippen LogP contribution is 2.21. The van der Waals surface area contributed by atoms with Gasteiger partial charge in [0.2, 0.25) is 15.9 Å². The molecule has 7 nitrogen and oxygen atoms in total. The van der Waals surface area contributed by atoms with Crippen LogP contribution in [0.2, 0.25) is 0 Å². The van der Waals surface area contributed by atoms with Crippen molar-refractivity contribution < 1.29 is 17.9 Å². The summed E-state index contributed by atoms with van der Waals surface area (Å²) < 4.78 is 31.9. The lowest BCUT2D eigenvalue weighted by Gasteiger charge is -2.25. The van der Waals surface area contributed by atoms with E-state index in [1.807, 2.05) is 19.9 Å². The molecule has 1 saturated heterocycles. The highest BCUT2D eigenvalue weighted by atomic mass is 32.2. The molecule has 2 aromatic rings. The largest absolute Gasteiger partial charge is 0.379 e. The molecule has 2 heterocycles. The Morgan fingerprint density at radius 1 is 1.20 bits per heavy atom. The number of carbonyl (C=O) groups is 1. The molecule has 162 valence electrons. The summed E-state index contributed by atoms with van der Waals surface area (Å²) in [6.45, 7) is 6.14. The van der Waals surface area contributed by atoms with Gasteiger partial charge in [0, 0.05) is 32.9 Å². The fourth-order valence-corrected chi connectivity index (χ4v) is 5.29. The maximum absolute atomic E-state index is 12.6. The molecule has 0 N–H and O–H groups in total. The molecule has 1 aliphatic rings. The number of aromatic nitrogens is 1. The lowest BCUT2D eigenvalue weighted by molar-refractivity contribution is -0.127. The van der Waals surface area contributed by atoms with E-state index >= 15 is 0 Å². The summed E-state index contributed by atoms with van der Waals surface area (Å²) in [6, 6.07) is 9.40. The number of amides is 1. The summed E-state index contributed by atoms with van der Waals surface area (Å²) in [4.78, 5) is 18.6. The minimum absolute atomic E-state index is 0.00760. The van der Waals surface area contributed by atoms with Crippen LogP contribution in [0, 0.1) is 13.8 Å². The van der Waals surface area contributed by atoms with E-state index in [0.29, 0.717) is 37.9 Å². The topological polar surface area (TPSA) is 79.8 Å². The van der Waals surface area contributed by atoms with Crippen LogP contribution in [-0.2, 0) is 26.1 Å². The highest BCUT2D eigenvalue weighted by Gasteiger charge is 2.26. The predicted octanol–water partition coefficient (Wildman–Crippen LogP) is 2.47. The van der Waals surface area contributed by atoms with Crippen molar-refractivity contribution in [3.63, 3.8) is 0 Å². The zero-order chi connectivity index (χ0) is 21.7. The number of aryl methyl sites for hydroxylation is 2. The van der Waals surface area contributed by atoms with E-state index in [9.17, 15) is 13.2 Å². The van der Waals surface area contributed by atoms with Crippen LogP contribution in [0.1, 0.15) is 16.7 Å². The molecule has 0 radical (unpaired) electrons. The van der Waals surface area contributed by atoms with Crippen molar-refractivity contribution in [2.45, 2.75) is 30.3 Å². The molecule has 1 aromatic heterocycles. The third kappa shape index (κ3) is 5.60. The summed E-state index contributed by atoms with van der Waals surface area (Å²) in [5.41, 5.74) is 3.49. The van der Waals surface area contributed by atoms with Gasteiger partial charge in [-0.3, -0.25) is 4.79 Å². The molecular weight excluding hydrogens is 422 g/mol. The van der Waals surface area contributed by atoms with Gasteiger partial charge in [-0.2, -0.15) is 4.31 Å². The molecule has 0 atom stereocenters. The van der Waals surface area contributed by atoms with Crippen LogP contribution < -0.4 is 0 Å². The summed E-state index contributed by atoms with van der Waals surface area (Å²) in [5.74, 6) is 0.232. The molecule has 1 aromatic carbocycles. The molecule has 30 heavy (non-hydrogen) atoms. The van der Waals surface area contributed by atoms with Gasteiger partial charge in [0.05, 0.1) is 24.0 Å². The Balaban J connectivity index is 1.55. The number of carbonyl (C=O) groups excluding carboxylic acids is 1. The molecular formula is C21H27N3O4S2. The second kappa shape index (κ2) is 9.91. The number of morpholine rings is 1. The fourth-order valence-electron chi connectivity index (χ4n) is 3.15. The summed E-state index contributed by atoms with van der Waals surface area (Å²) in [7, 11) is -1.77. The van der Waals surface area contributed by atoms with E-state index in [4.69, 9.17) is 4.74 Å². The molecule has 0 unspecified atom stereocenters. The average molecular weight is 450 g/mol. The van der Waals surface area contributed by atoms with Crippen LogP contribution in [0.5, 0.6) is 0 Å². The molecule has 1 aliphatic heterocycles. The van der Waals surface area contributed by atoms with Crippen molar-refractivity contribution >= 4 is 27.7 Å². The zero-order valence-corrected chi connectivity index (χ0v) is 19.1. The van der Waals surface area contributed by atoms with Crippen LogP contribution in [0.15, 0.2) is 46.5 Å². The van der Waals surface area contributed by atoms with Crippen molar-refractivity contribution in [2.75, 3.05) is 39.1 Å². The minimum Gasteiger partial charge on any atom is -0.379 e. The van der Waals surface area contributed by atoms with Gasteiger partial charge in [0.25, 0.3) is 0 Å². The SMILES string of the molecule is Cc1ccc(CN(C)C(=O)CSc2ccc(S(=O)(=O)N3CCOCC3)cn2)c(C)c1. The Morgan fingerprint density at radius 2 is 1.93 bits per heavy atom. The van der Waals surface area contributed by atoms with Gasteiger partial charge < -0.3 is 9.64 Å². The molecule has 0 aliphatic carbocycles. The van der Waals surface area contributed by atoms with Crippen molar-refractivity contribution in [2.24, 2.45) is 0 Å². The normalized spacial score (nSPS) is 15.2. The number of nitrogens with zero attached hydrogens (tertiary/aromatic N) is 3. The Bertz CT molecular complexity index is 988. The summed E-state index contributed by atoms with van der Waals surface area (Å²) in [6.07, 6.45) is 1.36. The number of hydrogen-bond donors (Lipinski definition) is 0. The first kappa shape index (κ1) is 22.7. The third-order valence-electron chi connectivity index (χ3n) is 4.99. The van der Waals surface area contributed by atoms with Crippen molar-refractivity contribution in [1.82, 2.24) is 14.2 Å². The molecule has 0 bridgehead atoms. The second-order valence-corrected chi connectivity index (χ2v) is 10.3. The van der Waals surface area contributed by atoms with Gasteiger partial charge in [-0.15, -0.1) is 0 Å². The quantitative estimate of drug-likeness (QED) is 0.604. The molecule has 1 amide bonds. The first-order valence-electron chi connectivity index (χ1n) is 9.74. The van der Waals surface area contributed by atoms with Crippen LogP contribution in [0.3, 0.4) is 0 Å². The predicted molar refractivity (Wildman–Crippen MR) is 117 cm³/mol. The first-order valence-corrected chi connectivity index (χ1v) is 12.2. The third-order valence-corrected chi connectivity index (χ3v) is 7.80. The lowest BCUT2D eigenvalue weighted by atomic mass is 10.1. The van der Waals surface area contributed by atoms with E-state index in [2.05, 4.69) is 17.1 Å². The zero-order valence-electron chi connectivity index (χ0n) is 17.5.